The Balaban J connectivity index is 2.62. The first-order chi connectivity index (χ1) is 9.90. The lowest BCUT2D eigenvalue weighted by molar-refractivity contribution is -0.138. The van der Waals surface area contributed by atoms with Gasteiger partial charge in [-0.3, -0.25) is 4.79 Å². The van der Waals surface area contributed by atoms with E-state index in [-0.39, 0.29) is 24.4 Å². The van der Waals surface area contributed by atoms with Gasteiger partial charge in [-0.25, -0.2) is 4.79 Å². The van der Waals surface area contributed by atoms with Crippen LogP contribution in [0.3, 0.4) is 0 Å². The van der Waals surface area contributed by atoms with E-state index in [9.17, 15) is 9.59 Å². The number of rotatable bonds is 6. The lowest BCUT2D eigenvalue weighted by Gasteiger charge is -2.39. The van der Waals surface area contributed by atoms with E-state index in [4.69, 9.17) is 5.11 Å². The van der Waals surface area contributed by atoms with Gasteiger partial charge in [-0.15, -0.1) is 0 Å². The van der Waals surface area contributed by atoms with Crippen LogP contribution in [0, 0.1) is 11.8 Å². The van der Waals surface area contributed by atoms with Gasteiger partial charge in [0.05, 0.1) is 0 Å². The van der Waals surface area contributed by atoms with Gasteiger partial charge in [0, 0.05) is 32.6 Å². The van der Waals surface area contributed by atoms with Crippen LogP contribution in [-0.2, 0) is 4.79 Å². The molecular formula is C16H30N2O3. The van der Waals surface area contributed by atoms with Gasteiger partial charge in [0.25, 0.3) is 0 Å². The van der Waals surface area contributed by atoms with E-state index < -0.39 is 5.97 Å². The Morgan fingerprint density at radius 1 is 1.33 bits per heavy atom. The minimum Gasteiger partial charge on any atom is -0.481 e. The van der Waals surface area contributed by atoms with E-state index in [0.29, 0.717) is 12.5 Å². The highest BCUT2D eigenvalue weighted by Crippen LogP contribution is 2.27. The number of urea groups is 1. The van der Waals surface area contributed by atoms with Crippen LogP contribution in [0.1, 0.15) is 52.9 Å². The highest BCUT2D eigenvalue weighted by molar-refractivity contribution is 5.74. The van der Waals surface area contributed by atoms with Crippen molar-refractivity contribution >= 4 is 12.0 Å². The number of carboxylic acids is 1. The van der Waals surface area contributed by atoms with Crippen molar-refractivity contribution in [2.45, 2.75) is 58.9 Å². The van der Waals surface area contributed by atoms with E-state index in [1.807, 2.05) is 23.8 Å². The Morgan fingerprint density at radius 2 is 1.95 bits per heavy atom. The van der Waals surface area contributed by atoms with Crippen molar-refractivity contribution < 1.29 is 14.7 Å². The van der Waals surface area contributed by atoms with Crippen molar-refractivity contribution in [1.82, 2.24) is 9.80 Å². The second kappa shape index (κ2) is 8.25. The molecule has 0 aromatic carbocycles. The van der Waals surface area contributed by atoms with Crippen LogP contribution in [0.15, 0.2) is 0 Å². The van der Waals surface area contributed by atoms with Crippen molar-refractivity contribution in [3.05, 3.63) is 0 Å². The summed E-state index contributed by atoms with van der Waals surface area (Å²) >= 11 is 0. The smallest absolute Gasteiger partial charge is 0.319 e. The van der Waals surface area contributed by atoms with Crippen LogP contribution in [0.2, 0.25) is 0 Å². The summed E-state index contributed by atoms with van der Waals surface area (Å²) in [5.74, 6) is -0.328. The monoisotopic (exact) mass is 298 g/mol. The molecule has 2 amide bonds. The Kier molecular flexibility index (Phi) is 6.99. The standard InChI is InChI=1S/C16H30N2O3/c1-5-14(6-2)17(4)16(21)18-9-7-8-13(11-18)12(3)10-15(19)20/h12-14H,5-11H2,1-4H3,(H,19,20). The number of aliphatic carboxylic acids is 1. The van der Waals surface area contributed by atoms with Crippen molar-refractivity contribution in [1.29, 1.82) is 0 Å². The molecule has 1 aliphatic rings. The predicted octanol–water partition coefficient (Wildman–Crippen LogP) is 3.05. The Bertz CT molecular complexity index is 355. The summed E-state index contributed by atoms with van der Waals surface area (Å²) < 4.78 is 0. The number of hydrogen-bond donors (Lipinski definition) is 1. The summed E-state index contributed by atoms with van der Waals surface area (Å²) in [6.07, 6.45) is 4.11. The third-order valence-electron chi connectivity index (χ3n) is 4.82. The van der Waals surface area contributed by atoms with E-state index in [0.717, 1.165) is 32.2 Å². The van der Waals surface area contributed by atoms with Gasteiger partial charge in [0.2, 0.25) is 0 Å². The summed E-state index contributed by atoms with van der Waals surface area (Å²) in [4.78, 5) is 27.2. The molecule has 0 bridgehead atoms. The highest BCUT2D eigenvalue weighted by Gasteiger charge is 2.30. The summed E-state index contributed by atoms with van der Waals surface area (Å²) in [6.45, 7) is 7.67. The number of likely N-dealkylation sites (tertiary alicyclic amines) is 1. The third-order valence-corrected chi connectivity index (χ3v) is 4.82. The first-order valence-electron chi connectivity index (χ1n) is 8.14. The first kappa shape index (κ1) is 17.8. The fraction of sp³-hybridized carbons (Fsp3) is 0.875. The molecule has 122 valence electrons. The molecule has 1 saturated heterocycles. The molecule has 2 unspecified atom stereocenters. The van der Waals surface area contributed by atoms with Crippen LogP contribution in [-0.4, -0.2) is 53.1 Å². The quantitative estimate of drug-likeness (QED) is 0.820. The number of carbonyl (C=O) groups excluding carboxylic acids is 1. The molecule has 0 saturated carbocycles. The van der Waals surface area contributed by atoms with Crippen LogP contribution >= 0.6 is 0 Å². The van der Waals surface area contributed by atoms with Crippen LogP contribution in [0.4, 0.5) is 4.79 Å². The van der Waals surface area contributed by atoms with E-state index in [1.54, 1.807) is 0 Å². The zero-order valence-electron chi connectivity index (χ0n) is 13.8. The summed E-state index contributed by atoms with van der Waals surface area (Å²) in [7, 11) is 1.88. The van der Waals surface area contributed by atoms with Crippen molar-refractivity contribution in [3.63, 3.8) is 0 Å². The number of nitrogens with zero attached hydrogens (tertiary/aromatic N) is 2. The molecule has 1 rings (SSSR count). The average Bonchev–Trinajstić information content (AvgIpc) is 2.47. The number of carbonyl (C=O) groups is 2. The molecule has 0 radical (unpaired) electrons. The van der Waals surface area contributed by atoms with Gasteiger partial charge >= 0.3 is 12.0 Å². The largest absolute Gasteiger partial charge is 0.481 e. The SMILES string of the molecule is CCC(CC)N(C)C(=O)N1CCCC(C(C)CC(=O)O)C1. The van der Waals surface area contributed by atoms with Gasteiger partial charge in [-0.1, -0.05) is 20.8 Å². The second-order valence-electron chi connectivity index (χ2n) is 6.29. The lowest BCUT2D eigenvalue weighted by atomic mass is 9.85. The normalized spacial score (nSPS) is 20.4. The number of amides is 2. The molecule has 1 N–H and O–H groups in total. The van der Waals surface area contributed by atoms with Crippen molar-refractivity contribution in [2.24, 2.45) is 11.8 Å². The predicted molar refractivity (Wildman–Crippen MR) is 83.2 cm³/mol. The van der Waals surface area contributed by atoms with E-state index in [2.05, 4.69) is 13.8 Å². The Labute approximate surface area is 128 Å². The molecule has 2 atom stereocenters. The fourth-order valence-electron chi connectivity index (χ4n) is 3.31. The van der Waals surface area contributed by atoms with Gasteiger partial charge in [0.1, 0.15) is 0 Å². The van der Waals surface area contributed by atoms with Crippen LogP contribution < -0.4 is 0 Å². The van der Waals surface area contributed by atoms with Gasteiger partial charge in [-0.2, -0.15) is 0 Å². The number of hydrogen-bond acceptors (Lipinski definition) is 2. The molecule has 5 heteroatoms. The molecule has 0 aromatic rings. The minimum atomic E-state index is -0.750. The topological polar surface area (TPSA) is 60.9 Å². The average molecular weight is 298 g/mol. The van der Waals surface area contributed by atoms with E-state index in [1.165, 1.54) is 0 Å². The molecule has 5 nitrogen and oxygen atoms in total. The van der Waals surface area contributed by atoms with Gasteiger partial charge in [0.15, 0.2) is 0 Å². The summed E-state index contributed by atoms with van der Waals surface area (Å²) in [6, 6.07) is 0.380. The Morgan fingerprint density at radius 3 is 2.48 bits per heavy atom. The third kappa shape index (κ3) is 4.90. The molecule has 1 fully saturated rings. The second-order valence-corrected chi connectivity index (χ2v) is 6.29. The van der Waals surface area contributed by atoms with E-state index >= 15 is 0 Å². The van der Waals surface area contributed by atoms with Gasteiger partial charge in [-0.05, 0) is 37.5 Å². The zero-order valence-corrected chi connectivity index (χ0v) is 13.8. The van der Waals surface area contributed by atoms with Crippen LogP contribution in [0.25, 0.3) is 0 Å². The minimum absolute atomic E-state index is 0.0934. The fourth-order valence-corrected chi connectivity index (χ4v) is 3.31. The highest BCUT2D eigenvalue weighted by atomic mass is 16.4. The molecule has 0 spiro atoms. The molecule has 1 aliphatic heterocycles. The maximum atomic E-state index is 12.6. The molecule has 1 heterocycles. The Hall–Kier alpha value is -1.26. The molecular weight excluding hydrogens is 268 g/mol. The molecule has 0 aromatic heterocycles. The summed E-state index contributed by atoms with van der Waals surface area (Å²) in [5, 5.41) is 8.93. The maximum Gasteiger partial charge on any atom is 0.319 e. The van der Waals surface area contributed by atoms with Crippen molar-refractivity contribution in [3.8, 4) is 0 Å². The molecule has 21 heavy (non-hydrogen) atoms. The van der Waals surface area contributed by atoms with Crippen LogP contribution in [0.5, 0.6) is 0 Å². The maximum absolute atomic E-state index is 12.6. The first-order valence-corrected chi connectivity index (χ1v) is 8.14. The number of carboxylic acid groups (broad SMARTS) is 1. The zero-order chi connectivity index (χ0) is 16.0. The lowest BCUT2D eigenvalue weighted by Crippen LogP contribution is -2.50. The number of piperidine rings is 1. The van der Waals surface area contributed by atoms with Crippen molar-refractivity contribution in [2.75, 3.05) is 20.1 Å². The summed E-state index contributed by atoms with van der Waals surface area (Å²) in [5.41, 5.74) is 0. The van der Waals surface area contributed by atoms with Gasteiger partial charge < -0.3 is 14.9 Å². The molecule has 0 aliphatic carbocycles.